The van der Waals surface area contributed by atoms with E-state index in [2.05, 4.69) is 0 Å². The van der Waals surface area contributed by atoms with Crippen LogP contribution in [0.3, 0.4) is 0 Å². The lowest BCUT2D eigenvalue weighted by Gasteiger charge is -2.14. The van der Waals surface area contributed by atoms with Crippen molar-refractivity contribution >= 4 is 5.84 Å². The summed E-state index contributed by atoms with van der Waals surface area (Å²) in [6, 6.07) is 0. The van der Waals surface area contributed by atoms with Crippen molar-refractivity contribution in [1.29, 1.82) is 5.41 Å². The van der Waals surface area contributed by atoms with E-state index in [0.29, 0.717) is 0 Å². The summed E-state index contributed by atoms with van der Waals surface area (Å²) in [4.78, 5) is 0. The number of hydrogen-bond acceptors (Lipinski definition) is 1. The predicted octanol–water partition coefficient (Wildman–Crippen LogP) is -1.92. The van der Waals surface area contributed by atoms with Gasteiger partial charge in [-0.2, -0.15) is 0 Å². The number of hydrogen-bond donors (Lipinski definition) is 2. The molecule has 3 heteroatoms. The van der Waals surface area contributed by atoms with Crippen molar-refractivity contribution in [2.75, 3.05) is 0 Å². The second-order valence-electron chi connectivity index (χ2n) is 2.66. The molecule has 0 unspecified atom stereocenters. The molecule has 0 saturated carbocycles. The van der Waals surface area contributed by atoms with Gasteiger partial charge in [-0.3, -0.25) is 5.41 Å². The Bertz CT molecular complexity index is 87.4. The van der Waals surface area contributed by atoms with Crippen molar-refractivity contribution in [2.45, 2.75) is 20.8 Å². The van der Waals surface area contributed by atoms with E-state index >= 15 is 0 Å². The van der Waals surface area contributed by atoms with Crippen molar-refractivity contribution in [1.82, 2.24) is 0 Å². The van der Waals surface area contributed by atoms with Crippen LogP contribution >= 0.6 is 0 Å². The molecule has 8 heavy (non-hydrogen) atoms. The predicted molar refractivity (Wildman–Crippen MR) is 32.5 cm³/mol. The molecule has 0 radical (unpaired) electrons. The standard InChI is InChI=1S/C5H12N2.ClH/c1-5(2,3)4(6)7;/h1-3H3,(H3,6,7);1H. The van der Waals surface area contributed by atoms with Crippen LogP contribution in [0.15, 0.2) is 0 Å². The summed E-state index contributed by atoms with van der Waals surface area (Å²) in [7, 11) is 0. The molecule has 0 rings (SSSR count). The van der Waals surface area contributed by atoms with E-state index in [1.165, 1.54) is 0 Å². The molecule has 0 bridgehead atoms. The summed E-state index contributed by atoms with van der Waals surface area (Å²) >= 11 is 0. The van der Waals surface area contributed by atoms with Gasteiger partial charge in [0.15, 0.2) is 0 Å². The van der Waals surface area contributed by atoms with Crippen molar-refractivity contribution in [3.05, 3.63) is 0 Å². The Hall–Kier alpha value is -0.240. The van der Waals surface area contributed by atoms with E-state index in [1.54, 1.807) is 0 Å². The van der Waals surface area contributed by atoms with Gasteiger partial charge in [0.25, 0.3) is 0 Å². The number of amidine groups is 1. The van der Waals surface area contributed by atoms with Crippen LogP contribution in [0.2, 0.25) is 0 Å². The largest absolute Gasteiger partial charge is 1.00 e. The number of rotatable bonds is 0. The topological polar surface area (TPSA) is 49.9 Å². The number of nitrogens with two attached hydrogens (primary N) is 1. The maximum Gasteiger partial charge on any atom is 1.00 e. The van der Waals surface area contributed by atoms with E-state index in [0.717, 1.165) is 0 Å². The third-order valence-corrected chi connectivity index (χ3v) is 0.808. The van der Waals surface area contributed by atoms with Crippen molar-refractivity contribution in [3.63, 3.8) is 0 Å². The zero-order chi connectivity index (χ0) is 6.08. The van der Waals surface area contributed by atoms with Gasteiger partial charge in [0.1, 0.15) is 0 Å². The second-order valence-corrected chi connectivity index (χ2v) is 2.66. The Balaban J connectivity index is -0.000000180. The Labute approximate surface area is 57.9 Å². The quantitative estimate of drug-likeness (QED) is 0.296. The summed E-state index contributed by atoms with van der Waals surface area (Å²) in [6.07, 6.45) is 0. The summed E-state index contributed by atoms with van der Waals surface area (Å²) < 4.78 is 0. The highest BCUT2D eigenvalue weighted by Crippen LogP contribution is 2.10. The lowest BCUT2D eigenvalue weighted by molar-refractivity contribution is -0.00000227. The van der Waals surface area contributed by atoms with Gasteiger partial charge in [0, 0.05) is 5.41 Å². The van der Waals surface area contributed by atoms with E-state index < -0.39 is 0 Å². The molecule has 0 aromatic heterocycles. The Morgan fingerprint density at radius 1 is 1.50 bits per heavy atom. The van der Waals surface area contributed by atoms with E-state index in [4.69, 9.17) is 11.1 Å². The lowest BCUT2D eigenvalue weighted by atomic mass is 9.96. The highest BCUT2D eigenvalue weighted by molar-refractivity contribution is 5.82. The second kappa shape index (κ2) is 2.92. The SMILES string of the molecule is CC(C)(C)C(=N)N.[Cl-].[H+]. The fraction of sp³-hybridized carbons (Fsp3) is 0.800. The maximum absolute atomic E-state index is 6.92. The lowest BCUT2D eigenvalue weighted by Crippen LogP contribution is -3.00. The van der Waals surface area contributed by atoms with Crippen molar-refractivity contribution in [2.24, 2.45) is 11.1 Å². The first-order chi connectivity index (χ1) is 2.94. The Kier molecular flexibility index (Phi) is 3.90. The van der Waals surface area contributed by atoms with Crippen molar-refractivity contribution < 1.29 is 13.8 Å². The van der Waals surface area contributed by atoms with E-state index in [1.807, 2.05) is 20.8 Å². The molecule has 0 fully saturated rings. The van der Waals surface area contributed by atoms with E-state index in [9.17, 15) is 0 Å². The van der Waals surface area contributed by atoms with Gasteiger partial charge in [-0.1, -0.05) is 20.8 Å². The van der Waals surface area contributed by atoms with Gasteiger partial charge in [0.05, 0.1) is 5.84 Å². The zero-order valence-electron chi connectivity index (χ0n) is 6.46. The number of nitrogens with one attached hydrogen (secondary N) is 1. The molecule has 0 aliphatic heterocycles. The monoisotopic (exact) mass is 136 g/mol. The molecule has 0 heterocycles. The van der Waals surface area contributed by atoms with Gasteiger partial charge >= 0.3 is 1.43 Å². The summed E-state index contributed by atoms with van der Waals surface area (Å²) in [6.45, 7) is 5.74. The minimum atomic E-state index is -0.139. The molecule has 3 N–H and O–H groups in total. The Morgan fingerprint density at radius 2 is 1.62 bits per heavy atom. The van der Waals surface area contributed by atoms with Crippen LogP contribution in [0.5, 0.6) is 0 Å². The van der Waals surface area contributed by atoms with Crippen LogP contribution in [-0.4, -0.2) is 5.84 Å². The average Bonchev–Trinajstić information content (AvgIpc) is 1.31. The highest BCUT2D eigenvalue weighted by atomic mass is 35.5. The third-order valence-electron chi connectivity index (χ3n) is 0.808. The average molecular weight is 137 g/mol. The summed E-state index contributed by atoms with van der Waals surface area (Å²) in [5.74, 6) is 0.243. The normalized spacial score (nSPS) is 9.88. The minimum Gasteiger partial charge on any atom is -1.00 e. The fourth-order valence-electron chi connectivity index (χ4n) is 0. The minimum absolute atomic E-state index is 0. The molecular formula is C5H13ClN2. The first-order valence-corrected chi connectivity index (χ1v) is 2.29. The highest BCUT2D eigenvalue weighted by Gasteiger charge is 2.12. The molecule has 0 aromatic carbocycles. The van der Waals surface area contributed by atoms with Gasteiger partial charge in [0.2, 0.25) is 0 Å². The smallest absolute Gasteiger partial charge is 1.00 e. The maximum atomic E-state index is 6.92. The molecule has 0 saturated heterocycles. The van der Waals surface area contributed by atoms with Gasteiger partial charge in [-0.15, -0.1) is 0 Å². The van der Waals surface area contributed by atoms with Gasteiger partial charge in [-0.25, -0.2) is 0 Å². The van der Waals surface area contributed by atoms with Crippen LogP contribution in [0, 0.1) is 10.8 Å². The molecule has 0 atom stereocenters. The fourth-order valence-corrected chi connectivity index (χ4v) is 0. The Morgan fingerprint density at radius 3 is 1.62 bits per heavy atom. The molecule has 2 nitrogen and oxygen atoms in total. The first-order valence-electron chi connectivity index (χ1n) is 2.29. The number of halogens is 1. The molecule has 50 valence electrons. The molecule has 0 spiro atoms. The van der Waals surface area contributed by atoms with E-state index in [-0.39, 0.29) is 25.1 Å². The summed E-state index contributed by atoms with van der Waals surface area (Å²) in [5.41, 5.74) is 5.01. The van der Waals surface area contributed by atoms with Crippen LogP contribution in [0.25, 0.3) is 0 Å². The molecule has 0 aromatic rings. The van der Waals surface area contributed by atoms with Crippen LogP contribution in [0.1, 0.15) is 22.2 Å². The van der Waals surface area contributed by atoms with Gasteiger partial charge < -0.3 is 18.1 Å². The molecule has 0 amide bonds. The molecule has 0 aliphatic carbocycles. The van der Waals surface area contributed by atoms with Crippen molar-refractivity contribution in [3.8, 4) is 0 Å². The van der Waals surface area contributed by atoms with Crippen LogP contribution < -0.4 is 18.1 Å². The van der Waals surface area contributed by atoms with Gasteiger partial charge in [-0.05, 0) is 0 Å². The zero-order valence-corrected chi connectivity index (χ0v) is 6.21. The summed E-state index contributed by atoms with van der Waals surface area (Å²) in [5, 5.41) is 6.92. The molecule has 0 aliphatic rings. The third kappa shape index (κ3) is 3.93. The molecular weight excluding hydrogens is 124 g/mol. The first kappa shape index (κ1) is 10.7. The van der Waals surface area contributed by atoms with Crippen LogP contribution in [-0.2, 0) is 0 Å². The van der Waals surface area contributed by atoms with Crippen LogP contribution in [0.4, 0.5) is 0 Å².